The van der Waals surface area contributed by atoms with Crippen LogP contribution in [0.2, 0.25) is 0 Å². The van der Waals surface area contributed by atoms with Gasteiger partial charge in [0.15, 0.2) is 5.69 Å². The Balaban J connectivity index is 1.44. The van der Waals surface area contributed by atoms with Gasteiger partial charge in [-0.3, -0.25) is 14.8 Å². The lowest BCUT2D eigenvalue weighted by atomic mass is 10.2. The number of para-hydroxylation sites is 1. The highest BCUT2D eigenvalue weighted by Gasteiger charge is 2.11. The summed E-state index contributed by atoms with van der Waals surface area (Å²) in [5.74, 6) is 0.237. The molecule has 0 saturated carbocycles. The lowest BCUT2D eigenvalue weighted by molar-refractivity contribution is 0.102. The Bertz CT molecular complexity index is 1060. The van der Waals surface area contributed by atoms with Crippen molar-refractivity contribution in [1.29, 1.82) is 0 Å². The molecule has 0 unspecified atom stereocenters. The van der Waals surface area contributed by atoms with Crippen LogP contribution in [-0.4, -0.2) is 26.1 Å². The van der Waals surface area contributed by atoms with Gasteiger partial charge < -0.3 is 10.6 Å². The number of nitrogens with one attached hydrogen (secondary N) is 2. The number of benzene rings is 1. The molecule has 27 heavy (non-hydrogen) atoms. The number of carbonyl (C=O) groups is 1. The van der Waals surface area contributed by atoms with Crippen LogP contribution in [0.3, 0.4) is 0 Å². The summed E-state index contributed by atoms with van der Waals surface area (Å²) in [7, 11) is 0. The summed E-state index contributed by atoms with van der Waals surface area (Å²) in [6.45, 7) is 0.530. The summed E-state index contributed by atoms with van der Waals surface area (Å²) < 4.78 is 0. The van der Waals surface area contributed by atoms with E-state index < -0.39 is 0 Å². The molecule has 1 amide bonds. The third kappa shape index (κ3) is 3.87. The molecule has 2 N–H and O–H groups in total. The van der Waals surface area contributed by atoms with Crippen molar-refractivity contribution in [2.45, 2.75) is 6.54 Å². The van der Waals surface area contributed by atoms with Gasteiger partial charge in [0.1, 0.15) is 5.82 Å². The van der Waals surface area contributed by atoms with Gasteiger partial charge in [0.25, 0.3) is 5.91 Å². The number of pyridine rings is 2. The van der Waals surface area contributed by atoms with Gasteiger partial charge in [-0.05, 0) is 36.4 Å². The molecule has 3 heterocycles. The summed E-state index contributed by atoms with van der Waals surface area (Å²) in [5, 5.41) is 15.0. The molecule has 0 saturated heterocycles. The normalized spacial score (nSPS) is 10.5. The lowest BCUT2D eigenvalue weighted by Crippen LogP contribution is -2.15. The molecule has 4 rings (SSSR count). The van der Waals surface area contributed by atoms with Crippen molar-refractivity contribution in [3.63, 3.8) is 0 Å². The van der Waals surface area contributed by atoms with Crippen molar-refractivity contribution in [1.82, 2.24) is 20.2 Å². The van der Waals surface area contributed by atoms with Gasteiger partial charge in [0, 0.05) is 17.8 Å². The first-order chi connectivity index (χ1) is 13.3. The maximum absolute atomic E-state index is 12.5. The number of hydrogen-bond acceptors (Lipinski definition) is 6. The van der Waals surface area contributed by atoms with E-state index in [1.54, 1.807) is 24.5 Å². The molecule has 0 radical (unpaired) electrons. The zero-order chi connectivity index (χ0) is 18.5. The summed E-state index contributed by atoms with van der Waals surface area (Å²) >= 11 is 0. The van der Waals surface area contributed by atoms with Gasteiger partial charge in [-0.15, -0.1) is 10.2 Å². The summed E-state index contributed by atoms with van der Waals surface area (Å²) in [6, 6.07) is 18.5. The molecule has 3 aromatic heterocycles. The zero-order valence-corrected chi connectivity index (χ0v) is 14.3. The molecule has 7 heteroatoms. The average Bonchev–Trinajstić information content (AvgIpc) is 2.74. The van der Waals surface area contributed by atoms with Gasteiger partial charge in [-0.2, -0.15) is 0 Å². The number of carbonyl (C=O) groups excluding carboxylic acids is 1. The van der Waals surface area contributed by atoms with Crippen LogP contribution in [-0.2, 0) is 6.54 Å². The molecule has 0 atom stereocenters. The fraction of sp³-hybridized carbons (Fsp3) is 0.0500. The van der Waals surface area contributed by atoms with Crippen molar-refractivity contribution in [3.8, 4) is 0 Å². The predicted octanol–water partition coefficient (Wildman–Crippen LogP) is 3.28. The largest absolute Gasteiger partial charge is 0.363 e. The second kappa shape index (κ2) is 7.57. The van der Waals surface area contributed by atoms with Crippen molar-refractivity contribution in [2.24, 2.45) is 0 Å². The Kier molecular flexibility index (Phi) is 4.65. The van der Waals surface area contributed by atoms with Crippen molar-refractivity contribution < 1.29 is 4.79 Å². The second-order valence-corrected chi connectivity index (χ2v) is 5.81. The van der Waals surface area contributed by atoms with Crippen molar-refractivity contribution in [3.05, 3.63) is 84.4 Å². The van der Waals surface area contributed by atoms with E-state index in [0.717, 1.165) is 16.6 Å². The number of nitrogens with zero attached hydrogens (tertiary/aromatic N) is 4. The summed E-state index contributed by atoms with van der Waals surface area (Å²) in [4.78, 5) is 21.0. The minimum Gasteiger partial charge on any atom is -0.363 e. The molecule has 0 spiro atoms. The highest BCUT2D eigenvalue weighted by atomic mass is 16.1. The molecule has 0 aliphatic carbocycles. The van der Waals surface area contributed by atoms with Crippen LogP contribution in [0.15, 0.2) is 73.1 Å². The number of anilines is 2. The van der Waals surface area contributed by atoms with Gasteiger partial charge in [0.2, 0.25) is 0 Å². The van der Waals surface area contributed by atoms with E-state index in [4.69, 9.17) is 0 Å². The first kappa shape index (κ1) is 16.6. The molecule has 4 aromatic rings. The van der Waals surface area contributed by atoms with Gasteiger partial charge in [-0.1, -0.05) is 24.3 Å². The summed E-state index contributed by atoms with van der Waals surface area (Å²) in [5.41, 5.74) is 2.49. The second-order valence-electron chi connectivity index (χ2n) is 5.81. The van der Waals surface area contributed by atoms with Crippen molar-refractivity contribution >= 4 is 28.3 Å². The molecule has 0 bridgehead atoms. The number of hydrogen-bond donors (Lipinski definition) is 2. The summed E-state index contributed by atoms with van der Waals surface area (Å²) in [6.07, 6.45) is 3.43. The number of rotatable bonds is 5. The van der Waals surface area contributed by atoms with Crippen LogP contribution in [0.1, 0.15) is 16.2 Å². The van der Waals surface area contributed by atoms with Gasteiger partial charge in [-0.25, -0.2) is 0 Å². The molecular weight excluding hydrogens is 340 g/mol. The van der Waals surface area contributed by atoms with Gasteiger partial charge in [0.05, 0.1) is 23.4 Å². The van der Waals surface area contributed by atoms with Crippen molar-refractivity contribution in [2.75, 3.05) is 10.6 Å². The highest BCUT2D eigenvalue weighted by molar-refractivity contribution is 6.07. The van der Waals surface area contributed by atoms with Crippen LogP contribution in [0.5, 0.6) is 0 Å². The van der Waals surface area contributed by atoms with E-state index in [0.29, 0.717) is 18.1 Å². The molecule has 1 aromatic carbocycles. The minimum atomic E-state index is -0.336. The average molecular weight is 356 g/mol. The zero-order valence-electron chi connectivity index (χ0n) is 14.3. The van der Waals surface area contributed by atoms with Crippen LogP contribution in [0.25, 0.3) is 10.9 Å². The Morgan fingerprint density at radius 3 is 2.56 bits per heavy atom. The lowest BCUT2D eigenvalue weighted by Gasteiger charge is -2.08. The molecule has 132 valence electrons. The third-order valence-corrected chi connectivity index (χ3v) is 3.95. The number of fused-ring (bicyclic) bond motifs is 1. The van der Waals surface area contributed by atoms with E-state index >= 15 is 0 Å². The van der Waals surface area contributed by atoms with E-state index in [9.17, 15) is 4.79 Å². The number of amides is 1. The number of aromatic nitrogens is 4. The Morgan fingerprint density at radius 2 is 1.74 bits per heavy atom. The fourth-order valence-corrected chi connectivity index (χ4v) is 2.62. The SMILES string of the molecule is O=C(Nc1cccc2cccnc12)c1ccc(NCc2ccccn2)nn1. The Hall–Kier alpha value is -3.87. The van der Waals surface area contributed by atoms with E-state index in [2.05, 4.69) is 30.8 Å². The third-order valence-electron chi connectivity index (χ3n) is 3.95. The van der Waals surface area contributed by atoms with Crippen LogP contribution < -0.4 is 10.6 Å². The van der Waals surface area contributed by atoms with E-state index in [1.165, 1.54) is 0 Å². The monoisotopic (exact) mass is 356 g/mol. The van der Waals surface area contributed by atoms with Crippen LogP contribution >= 0.6 is 0 Å². The maximum atomic E-state index is 12.5. The van der Waals surface area contributed by atoms with E-state index in [-0.39, 0.29) is 11.6 Å². The quantitative estimate of drug-likeness (QED) is 0.570. The van der Waals surface area contributed by atoms with E-state index in [1.807, 2.05) is 48.5 Å². The maximum Gasteiger partial charge on any atom is 0.276 e. The molecule has 0 fully saturated rings. The molecule has 0 aliphatic heterocycles. The highest BCUT2D eigenvalue weighted by Crippen LogP contribution is 2.21. The minimum absolute atomic E-state index is 0.228. The predicted molar refractivity (Wildman–Crippen MR) is 103 cm³/mol. The fourth-order valence-electron chi connectivity index (χ4n) is 2.62. The van der Waals surface area contributed by atoms with Gasteiger partial charge >= 0.3 is 0 Å². The molecule has 7 nitrogen and oxygen atoms in total. The molecular formula is C20H16N6O. The Morgan fingerprint density at radius 1 is 0.852 bits per heavy atom. The van der Waals surface area contributed by atoms with Crippen LogP contribution in [0.4, 0.5) is 11.5 Å². The first-order valence-corrected chi connectivity index (χ1v) is 8.42. The topological polar surface area (TPSA) is 92.7 Å². The first-order valence-electron chi connectivity index (χ1n) is 8.42. The Labute approximate surface area is 155 Å². The standard InChI is InChI=1S/C20H16N6O/c27-20(24-16-8-3-5-14-6-4-12-22-19(14)16)17-9-10-18(26-25-17)23-13-15-7-1-2-11-21-15/h1-12H,13H2,(H,23,26)(H,24,27). The smallest absolute Gasteiger partial charge is 0.276 e. The van der Waals surface area contributed by atoms with Crippen LogP contribution in [0, 0.1) is 0 Å². The molecule has 0 aliphatic rings.